The summed E-state index contributed by atoms with van der Waals surface area (Å²) in [5, 5.41) is 4.14. The minimum absolute atomic E-state index is 0.248. The molecule has 1 aromatic heterocycles. The van der Waals surface area contributed by atoms with Crippen molar-refractivity contribution < 1.29 is 4.79 Å². The highest BCUT2D eigenvalue weighted by molar-refractivity contribution is 6.09. The third kappa shape index (κ3) is 2.75. The number of guanidine groups is 1. The summed E-state index contributed by atoms with van der Waals surface area (Å²) in [6.07, 6.45) is 3.69. The second kappa shape index (κ2) is 6.29. The molecule has 1 amide bonds. The summed E-state index contributed by atoms with van der Waals surface area (Å²) in [6.45, 7) is 0. The molecular formula is C21H16N4O. The minimum Gasteiger partial charge on any atom is -0.370 e. The number of pyridine rings is 1. The molecule has 0 fully saturated rings. The number of nitrogens with two attached hydrogens (primary N) is 2. The van der Waals surface area contributed by atoms with Crippen molar-refractivity contribution in [2.24, 2.45) is 16.5 Å². The Morgan fingerprint density at radius 2 is 1.62 bits per heavy atom. The topological polar surface area (TPSA) is 94.4 Å². The molecule has 126 valence electrons. The fourth-order valence-corrected chi connectivity index (χ4v) is 3.15. The quantitative estimate of drug-likeness (QED) is 0.431. The largest absolute Gasteiger partial charge is 0.370 e. The molecule has 0 saturated carbocycles. The van der Waals surface area contributed by atoms with Gasteiger partial charge in [-0.25, -0.2) is 0 Å². The fourth-order valence-electron chi connectivity index (χ4n) is 3.15. The number of hydrogen-bond acceptors (Lipinski definition) is 2. The van der Waals surface area contributed by atoms with Crippen LogP contribution < -0.4 is 11.5 Å². The van der Waals surface area contributed by atoms with Gasteiger partial charge in [0.2, 0.25) is 0 Å². The third-order valence-corrected chi connectivity index (χ3v) is 4.32. The average Bonchev–Trinajstić information content (AvgIpc) is 2.66. The van der Waals surface area contributed by atoms with Crippen molar-refractivity contribution in [3.05, 3.63) is 78.6 Å². The SMILES string of the molecule is NC(N)=NC(=O)c1ccc2cccc(-c3cncc4ccccc34)c2c1. The lowest BCUT2D eigenvalue weighted by atomic mass is 9.94. The molecule has 5 heteroatoms. The summed E-state index contributed by atoms with van der Waals surface area (Å²) in [5.74, 6) is -0.709. The van der Waals surface area contributed by atoms with Crippen LogP contribution in [0.25, 0.3) is 32.7 Å². The zero-order valence-corrected chi connectivity index (χ0v) is 13.9. The number of aromatic nitrogens is 1. The molecular weight excluding hydrogens is 324 g/mol. The number of nitrogens with zero attached hydrogens (tertiary/aromatic N) is 2. The Kier molecular flexibility index (Phi) is 3.82. The Hall–Kier alpha value is -3.73. The van der Waals surface area contributed by atoms with Crippen LogP contribution in [-0.4, -0.2) is 16.9 Å². The smallest absolute Gasteiger partial charge is 0.280 e. The second-order valence-electron chi connectivity index (χ2n) is 5.99. The van der Waals surface area contributed by atoms with Crippen LogP contribution in [0.2, 0.25) is 0 Å². The molecule has 0 aliphatic rings. The molecule has 0 saturated heterocycles. The first kappa shape index (κ1) is 15.8. The van der Waals surface area contributed by atoms with E-state index in [9.17, 15) is 4.79 Å². The van der Waals surface area contributed by atoms with Crippen LogP contribution in [0.15, 0.2) is 78.0 Å². The van der Waals surface area contributed by atoms with Crippen molar-refractivity contribution in [3.8, 4) is 11.1 Å². The van der Waals surface area contributed by atoms with E-state index in [4.69, 9.17) is 11.5 Å². The van der Waals surface area contributed by atoms with E-state index in [0.29, 0.717) is 5.56 Å². The summed E-state index contributed by atoms with van der Waals surface area (Å²) in [7, 11) is 0. The van der Waals surface area contributed by atoms with Gasteiger partial charge in [0.15, 0.2) is 5.96 Å². The van der Waals surface area contributed by atoms with Crippen LogP contribution >= 0.6 is 0 Å². The van der Waals surface area contributed by atoms with Gasteiger partial charge in [-0.15, -0.1) is 0 Å². The monoisotopic (exact) mass is 340 g/mol. The maximum atomic E-state index is 12.2. The van der Waals surface area contributed by atoms with Gasteiger partial charge in [0.25, 0.3) is 5.91 Å². The molecule has 0 unspecified atom stereocenters. The predicted octanol–water partition coefficient (Wildman–Crippen LogP) is 3.47. The van der Waals surface area contributed by atoms with Gasteiger partial charge in [-0.05, 0) is 33.9 Å². The molecule has 4 rings (SSSR count). The zero-order chi connectivity index (χ0) is 18.1. The minimum atomic E-state index is -0.460. The first-order valence-corrected chi connectivity index (χ1v) is 8.13. The summed E-state index contributed by atoms with van der Waals surface area (Å²) in [5.41, 5.74) is 13.1. The fraction of sp³-hybridized carbons (Fsp3) is 0. The Labute approximate surface area is 150 Å². The lowest BCUT2D eigenvalue weighted by molar-refractivity contribution is 0.100. The van der Waals surface area contributed by atoms with Crippen LogP contribution in [-0.2, 0) is 0 Å². The first-order valence-electron chi connectivity index (χ1n) is 8.13. The van der Waals surface area contributed by atoms with E-state index in [1.807, 2.05) is 60.9 Å². The highest BCUT2D eigenvalue weighted by Crippen LogP contribution is 2.33. The molecule has 3 aromatic carbocycles. The summed E-state index contributed by atoms with van der Waals surface area (Å²) >= 11 is 0. The van der Waals surface area contributed by atoms with Gasteiger partial charge in [0.1, 0.15) is 0 Å². The molecule has 0 aliphatic heterocycles. The van der Waals surface area contributed by atoms with E-state index in [0.717, 1.165) is 32.7 Å². The van der Waals surface area contributed by atoms with E-state index in [-0.39, 0.29) is 5.96 Å². The second-order valence-corrected chi connectivity index (χ2v) is 5.99. The van der Waals surface area contributed by atoms with Gasteiger partial charge in [-0.1, -0.05) is 48.5 Å². The highest BCUT2D eigenvalue weighted by Gasteiger charge is 2.11. The number of rotatable bonds is 2. The molecule has 5 nitrogen and oxygen atoms in total. The van der Waals surface area contributed by atoms with Gasteiger partial charge in [-0.2, -0.15) is 4.99 Å². The van der Waals surface area contributed by atoms with Gasteiger partial charge in [0, 0.05) is 28.9 Å². The normalized spacial score (nSPS) is 10.8. The Balaban J connectivity index is 1.98. The number of carbonyl (C=O) groups is 1. The van der Waals surface area contributed by atoms with E-state index in [1.165, 1.54) is 0 Å². The molecule has 0 bridgehead atoms. The summed E-state index contributed by atoms with van der Waals surface area (Å²) in [4.78, 5) is 20.2. The maximum Gasteiger partial charge on any atom is 0.280 e. The maximum absolute atomic E-state index is 12.2. The molecule has 26 heavy (non-hydrogen) atoms. The number of benzene rings is 3. The summed E-state index contributed by atoms with van der Waals surface area (Å²) in [6, 6.07) is 19.6. The van der Waals surface area contributed by atoms with E-state index < -0.39 is 5.91 Å². The molecule has 0 aliphatic carbocycles. The average molecular weight is 340 g/mol. The zero-order valence-electron chi connectivity index (χ0n) is 13.9. The van der Waals surface area contributed by atoms with Crippen molar-refractivity contribution in [2.75, 3.05) is 0 Å². The lowest BCUT2D eigenvalue weighted by Crippen LogP contribution is -2.24. The molecule has 4 aromatic rings. The number of amides is 1. The number of carbonyl (C=O) groups excluding carboxylic acids is 1. The Morgan fingerprint density at radius 3 is 2.46 bits per heavy atom. The van der Waals surface area contributed by atoms with Crippen LogP contribution in [0.3, 0.4) is 0 Å². The lowest BCUT2D eigenvalue weighted by Gasteiger charge is -2.10. The van der Waals surface area contributed by atoms with E-state index in [2.05, 4.69) is 16.0 Å². The standard InChI is InChI=1S/C21H16N4O/c22-21(23)25-20(26)14-9-8-13-5-3-7-17(18(13)10-14)19-12-24-11-15-4-1-2-6-16(15)19/h1-12H,(H4,22,23,25,26). The van der Waals surface area contributed by atoms with Crippen molar-refractivity contribution >= 4 is 33.4 Å². The number of fused-ring (bicyclic) bond motifs is 2. The van der Waals surface area contributed by atoms with Crippen molar-refractivity contribution in [1.82, 2.24) is 4.98 Å². The van der Waals surface area contributed by atoms with Gasteiger partial charge in [0.05, 0.1) is 0 Å². The molecule has 4 N–H and O–H groups in total. The Morgan fingerprint density at radius 1 is 0.808 bits per heavy atom. The molecule has 0 atom stereocenters. The summed E-state index contributed by atoms with van der Waals surface area (Å²) < 4.78 is 0. The van der Waals surface area contributed by atoms with Crippen LogP contribution in [0.1, 0.15) is 10.4 Å². The molecule has 0 radical (unpaired) electrons. The van der Waals surface area contributed by atoms with Crippen LogP contribution in [0, 0.1) is 0 Å². The number of hydrogen-bond donors (Lipinski definition) is 2. The molecule has 1 heterocycles. The van der Waals surface area contributed by atoms with Crippen LogP contribution in [0.5, 0.6) is 0 Å². The number of aliphatic imine (C=N–C) groups is 1. The van der Waals surface area contributed by atoms with Gasteiger partial charge in [-0.3, -0.25) is 9.78 Å². The Bertz CT molecular complexity index is 1170. The van der Waals surface area contributed by atoms with E-state index in [1.54, 1.807) is 6.07 Å². The van der Waals surface area contributed by atoms with Gasteiger partial charge >= 0.3 is 0 Å². The van der Waals surface area contributed by atoms with Gasteiger partial charge < -0.3 is 11.5 Å². The molecule has 0 spiro atoms. The highest BCUT2D eigenvalue weighted by atomic mass is 16.1. The van der Waals surface area contributed by atoms with Crippen molar-refractivity contribution in [2.45, 2.75) is 0 Å². The van der Waals surface area contributed by atoms with Crippen molar-refractivity contribution in [1.29, 1.82) is 0 Å². The van der Waals surface area contributed by atoms with E-state index >= 15 is 0 Å². The van der Waals surface area contributed by atoms with Crippen molar-refractivity contribution in [3.63, 3.8) is 0 Å². The predicted molar refractivity (Wildman–Crippen MR) is 105 cm³/mol. The first-order chi connectivity index (χ1) is 12.6. The third-order valence-electron chi connectivity index (χ3n) is 4.32. The van der Waals surface area contributed by atoms with Crippen LogP contribution in [0.4, 0.5) is 0 Å².